The zero-order valence-corrected chi connectivity index (χ0v) is 14.5. The maximum absolute atomic E-state index is 11.3. The van der Waals surface area contributed by atoms with Gasteiger partial charge < -0.3 is 10.2 Å². The van der Waals surface area contributed by atoms with E-state index in [4.69, 9.17) is 11.6 Å². The highest BCUT2D eigenvalue weighted by Gasteiger charge is 2.21. The molecule has 132 valence electrons. The second-order valence-electron chi connectivity index (χ2n) is 5.34. The molecule has 9 nitrogen and oxygen atoms in total. The van der Waals surface area contributed by atoms with Crippen LogP contribution in [0.2, 0.25) is 5.02 Å². The summed E-state index contributed by atoms with van der Waals surface area (Å²) in [6.07, 6.45) is 5.89. The fourth-order valence-electron chi connectivity index (χ4n) is 2.23. The van der Waals surface area contributed by atoms with Crippen molar-refractivity contribution in [1.29, 1.82) is 0 Å². The molecule has 0 unspecified atom stereocenters. The lowest BCUT2D eigenvalue weighted by Gasteiger charge is -2.18. The molecule has 0 spiro atoms. The molecule has 26 heavy (non-hydrogen) atoms. The van der Waals surface area contributed by atoms with Gasteiger partial charge in [0.1, 0.15) is 6.20 Å². The van der Waals surface area contributed by atoms with E-state index in [2.05, 4.69) is 25.3 Å². The number of nitrogens with one attached hydrogen (secondary N) is 1. The van der Waals surface area contributed by atoms with Gasteiger partial charge in [0.25, 0.3) is 0 Å². The molecular formula is C16H14ClN7O2. The Morgan fingerprint density at radius 1 is 1.19 bits per heavy atom. The summed E-state index contributed by atoms with van der Waals surface area (Å²) in [6.45, 7) is 0.312. The minimum absolute atomic E-state index is 0.173. The van der Waals surface area contributed by atoms with Crippen molar-refractivity contribution in [1.82, 2.24) is 19.9 Å². The second-order valence-corrected chi connectivity index (χ2v) is 5.78. The lowest BCUT2D eigenvalue weighted by Crippen LogP contribution is -2.20. The van der Waals surface area contributed by atoms with Crippen LogP contribution in [0.15, 0.2) is 49.1 Å². The number of benzene rings is 1. The molecule has 3 rings (SSSR count). The molecule has 0 radical (unpaired) electrons. The van der Waals surface area contributed by atoms with Crippen molar-refractivity contribution in [2.24, 2.45) is 0 Å². The molecule has 10 heteroatoms. The van der Waals surface area contributed by atoms with E-state index in [9.17, 15) is 10.1 Å². The molecule has 0 amide bonds. The maximum atomic E-state index is 11.3. The molecule has 1 N–H and O–H groups in total. The van der Waals surface area contributed by atoms with Crippen LogP contribution in [0, 0.1) is 10.1 Å². The van der Waals surface area contributed by atoms with Crippen molar-refractivity contribution in [2.45, 2.75) is 6.54 Å². The summed E-state index contributed by atoms with van der Waals surface area (Å²) >= 11 is 5.86. The number of hydrogen-bond acceptors (Lipinski definition) is 8. The second kappa shape index (κ2) is 7.70. The van der Waals surface area contributed by atoms with Gasteiger partial charge >= 0.3 is 5.69 Å². The van der Waals surface area contributed by atoms with Crippen LogP contribution in [0.5, 0.6) is 0 Å². The number of anilines is 3. The Morgan fingerprint density at radius 3 is 2.62 bits per heavy atom. The van der Waals surface area contributed by atoms with Gasteiger partial charge in [-0.3, -0.25) is 20.1 Å². The molecule has 0 bridgehead atoms. The van der Waals surface area contributed by atoms with Gasteiger partial charge in [-0.1, -0.05) is 11.6 Å². The Labute approximate surface area is 153 Å². The zero-order valence-electron chi connectivity index (χ0n) is 13.7. The number of halogens is 1. The van der Waals surface area contributed by atoms with E-state index in [1.165, 1.54) is 6.20 Å². The van der Waals surface area contributed by atoms with Gasteiger partial charge in [-0.25, -0.2) is 4.98 Å². The van der Waals surface area contributed by atoms with Crippen molar-refractivity contribution in [2.75, 3.05) is 17.3 Å². The van der Waals surface area contributed by atoms with Crippen molar-refractivity contribution < 1.29 is 4.92 Å². The average Bonchev–Trinajstić information content (AvgIpc) is 2.64. The first-order chi connectivity index (χ1) is 12.5. The van der Waals surface area contributed by atoms with Gasteiger partial charge in [0.2, 0.25) is 11.8 Å². The molecule has 2 heterocycles. The lowest BCUT2D eigenvalue weighted by atomic mass is 10.3. The monoisotopic (exact) mass is 371 g/mol. The summed E-state index contributed by atoms with van der Waals surface area (Å²) in [5.41, 5.74) is 1.18. The van der Waals surface area contributed by atoms with Gasteiger partial charge in [0, 0.05) is 30.2 Å². The predicted octanol–water partition coefficient (Wildman–Crippen LogP) is 3.21. The van der Waals surface area contributed by atoms with Gasteiger partial charge in [-0.15, -0.1) is 0 Å². The number of hydrogen-bond donors (Lipinski definition) is 1. The number of aromatic nitrogens is 4. The van der Waals surface area contributed by atoms with Crippen LogP contribution in [0.25, 0.3) is 0 Å². The Morgan fingerprint density at radius 2 is 1.96 bits per heavy atom. The first-order valence-electron chi connectivity index (χ1n) is 7.53. The predicted molar refractivity (Wildman–Crippen MR) is 97.6 cm³/mol. The van der Waals surface area contributed by atoms with E-state index in [0.717, 1.165) is 0 Å². The van der Waals surface area contributed by atoms with Crippen molar-refractivity contribution in [3.63, 3.8) is 0 Å². The third-order valence-corrected chi connectivity index (χ3v) is 3.68. The van der Waals surface area contributed by atoms with Gasteiger partial charge in [-0.2, -0.15) is 4.98 Å². The van der Waals surface area contributed by atoms with Gasteiger partial charge in [0.15, 0.2) is 0 Å². The van der Waals surface area contributed by atoms with Crippen molar-refractivity contribution in [3.8, 4) is 0 Å². The molecule has 0 saturated carbocycles. The topological polar surface area (TPSA) is 110 Å². The first kappa shape index (κ1) is 17.5. The maximum Gasteiger partial charge on any atom is 0.329 e. The summed E-state index contributed by atoms with van der Waals surface area (Å²) in [6, 6.07) is 6.96. The Balaban J connectivity index is 1.88. The van der Waals surface area contributed by atoms with E-state index >= 15 is 0 Å². The molecule has 0 saturated heterocycles. The third kappa shape index (κ3) is 4.19. The SMILES string of the molecule is CN(Cc1cnccn1)c1nc(Nc2ccc(Cl)cc2)ncc1[N+](=O)[O-]. The minimum atomic E-state index is -0.519. The summed E-state index contributed by atoms with van der Waals surface area (Å²) in [4.78, 5) is 28.9. The molecule has 1 aromatic carbocycles. The Bertz CT molecular complexity index is 906. The van der Waals surface area contributed by atoms with Crippen LogP contribution in [0.4, 0.5) is 23.1 Å². The molecule has 0 aliphatic rings. The summed E-state index contributed by atoms with van der Waals surface area (Å²) < 4.78 is 0. The van der Waals surface area contributed by atoms with Crippen LogP contribution in [-0.2, 0) is 6.54 Å². The first-order valence-corrected chi connectivity index (χ1v) is 7.91. The average molecular weight is 372 g/mol. The molecule has 2 aromatic heterocycles. The highest BCUT2D eigenvalue weighted by molar-refractivity contribution is 6.30. The Kier molecular flexibility index (Phi) is 5.18. The molecule has 0 atom stereocenters. The molecular weight excluding hydrogens is 358 g/mol. The lowest BCUT2D eigenvalue weighted by molar-refractivity contribution is -0.384. The summed E-state index contributed by atoms with van der Waals surface area (Å²) in [7, 11) is 1.69. The highest BCUT2D eigenvalue weighted by atomic mass is 35.5. The van der Waals surface area contributed by atoms with Crippen molar-refractivity contribution in [3.05, 3.63) is 69.9 Å². The van der Waals surface area contributed by atoms with Gasteiger partial charge in [-0.05, 0) is 24.3 Å². The highest BCUT2D eigenvalue weighted by Crippen LogP contribution is 2.27. The number of nitrogens with zero attached hydrogens (tertiary/aromatic N) is 6. The van der Waals surface area contributed by atoms with E-state index in [1.54, 1.807) is 54.8 Å². The van der Waals surface area contributed by atoms with Gasteiger partial charge in [0.05, 0.1) is 23.4 Å². The standard InChI is InChI=1S/C16H14ClN7O2/c1-23(10-13-8-18-6-7-19-13)15-14(24(25)26)9-20-16(22-15)21-12-4-2-11(17)3-5-12/h2-9H,10H2,1H3,(H,20,21,22). The third-order valence-electron chi connectivity index (χ3n) is 3.42. The smallest absolute Gasteiger partial charge is 0.329 e. The van der Waals surface area contributed by atoms with Crippen molar-refractivity contribution >= 4 is 34.7 Å². The number of rotatable bonds is 6. The van der Waals surface area contributed by atoms with E-state index in [-0.39, 0.29) is 17.5 Å². The fourth-order valence-corrected chi connectivity index (χ4v) is 2.35. The van der Waals surface area contributed by atoms with E-state index in [0.29, 0.717) is 22.9 Å². The molecule has 0 fully saturated rings. The van der Waals surface area contributed by atoms with Crippen LogP contribution in [0.3, 0.4) is 0 Å². The summed E-state index contributed by atoms with van der Waals surface area (Å²) in [5, 5.41) is 14.9. The largest absolute Gasteiger partial charge is 0.348 e. The van der Waals surface area contributed by atoms with E-state index < -0.39 is 4.92 Å². The normalized spacial score (nSPS) is 10.4. The summed E-state index contributed by atoms with van der Waals surface area (Å²) in [5.74, 6) is 0.408. The fraction of sp³-hybridized carbons (Fsp3) is 0.125. The Hall–Kier alpha value is -3.33. The van der Waals surface area contributed by atoms with Crippen LogP contribution < -0.4 is 10.2 Å². The zero-order chi connectivity index (χ0) is 18.5. The number of nitro groups is 1. The molecule has 3 aromatic rings. The van der Waals surface area contributed by atoms with Crippen LogP contribution in [0.1, 0.15) is 5.69 Å². The molecule has 0 aliphatic carbocycles. The van der Waals surface area contributed by atoms with Crippen LogP contribution in [-0.4, -0.2) is 31.9 Å². The quantitative estimate of drug-likeness (QED) is 0.519. The minimum Gasteiger partial charge on any atom is -0.348 e. The van der Waals surface area contributed by atoms with Crippen LogP contribution >= 0.6 is 11.6 Å². The molecule has 0 aliphatic heterocycles. The van der Waals surface area contributed by atoms with E-state index in [1.807, 2.05) is 0 Å².